The molecule has 0 bridgehead atoms. The molecule has 1 aromatic rings. The normalized spacial score (nSPS) is 15.9. The number of methoxy groups -OCH3 is 1. The topological polar surface area (TPSA) is 53.7 Å². The second-order valence-electron chi connectivity index (χ2n) is 4.39. The van der Waals surface area contributed by atoms with Gasteiger partial charge in [0.1, 0.15) is 11.5 Å². The second kappa shape index (κ2) is 5.38. The van der Waals surface area contributed by atoms with Crippen LogP contribution in [-0.2, 0) is 17.8 Å². The van der Waals surface area contributed by atoms with E-state index in [4.69, 9.17) is 19.9 Å². The molecular weight excluding hydrogens is 218 g/mol. The number of rotatable bonds is 4. The fraction of sp³-hybridized carbons (Fsp3) is 0.538. The van der Waals surface area contributed by atoms with Crippen LogP contribution in [0.5, 0.6) is 11.5 Å². The number of hydrogen-bond acceptors (Lipinski definition) is 4. The Labute approximate surface area is 102 Å². The lowest BCUT2D eigenvalue weighted by atomic mass is 9.97. The minimum atomic E-state index is 0.314. The van der Waals surface area contributed by atoms with Gasteiger partial charge in [-0.1, -0.05) is 13.0 Å². The van der Waals surface area contributed by atoms with Gasteiger partial charge in [-0.25, -0.2) is 0 Å². The summed E-state index contributed by atoms with van der Waals surface area (Å²) in [4.78, 5) is 0. The zero-order chi connectivity index (χ0) is 12.3. The number of benzene rings is 1. The Morgan fingerprint density at radius 1 is 1.47 bits per heavy atom. The molecule has 2 rings (SSSR count). The summed E-state index contributed by atoms with van der Waals surface area (Å²) in [6, 6.07) is 4.04. The fourth-order valence-electron chi connectivity index (χ4n) is 2.05. The summed E-state index contributed by atoms with van der Waals surface area (Å²) in [6.07, 6.45) is 0.910. The second-order valence-corrected chi connectivity index (χ2v) is 4.39. The average molecular weight is 237 g/mol. The Morgan fingerprint density at radius 3 is 3.00 bits per heavy atom. The summed E-state index contributed by atoms with van der Waals surface area (Å²) < 4.78 is 16.2. The minimum absolute atomic E-state index is 0.314. The van der Waals surface area contributed by atoms with Crippen molar-refractivity contribution in [2.45, 2.75) is 20.0 Å². The molecule has 94 valence electrons. The van der Waals surface area contributed by atoms with E-state index < -0.39 is 0 Å². The summed E-state index contributed by atoms with van der Waals surface area (Å²) in [6.45, 7) is 3.66. The number of fused-ring (bicyclic) bond motifs is 1. The molecule has 0 amide bonds. The highest BCUT2D eigenvalue weighted by Gasteiger charge is 2.19. The van der Waals surface area contributed by atoms with Crippen molar-refractivity contribution in [3.05, 3.63) is 23.3 Å². The molecule has 0 aliphatic carbocycles. The molecule has 0 saturated heterocycles. The molecule has 1 heterocycles. The van der Waals surface area contributed by atoms with Crippen LogP contribution < -0.4 is 15.2 Å². The van der Waals surface area contributed by atoms with Crippen LogP contribution in [0.2, 0.25) is 0 Å². The van der Waals surface area contributed by atoms with Crippen LogP contribution in [0.1, 0.15) is 18.1 Å². The number of hydrogen-bond donors (Lipinski definition) is 1. The molecule has 1 aromatic carbocycles. The van der Waals surface area contributed by atoms with E-state index in [0.29, 0.717) is 25.9 Å². The van der Waals surface area contributed by atoms with E-state index in [0.717, 1.165) is 23.5 Å². The van der Waals surface area contributed by atoms with Crippen LogP contribution in [0, 0.1) is 5.92 Å². The minimum Gasteiger partial charge on any atom is -0.496 e. The first-order valence-corrected chi connectivity index (χ1v) is 5.85. The van der Waals surface area contributed by atoms with Crippen molar-refractivity contribution in [1.29, 1.82) is 0 Å². The van der Waals surface area contributed by atoms with Gasteiger partial charge < -0.3 is 19.9 Å². The van der Waals surface area contributed by atoms with Crippen molar-refractivity contribution in [3.8, 4) is 11.5 Å². The van der Waals surface area contributed by atoms with Crippen LogP contribution >= 0.6 is 0 Å². The maximum atomic E-state index is 5.66. The molecule has 17 heavy (non-hydrogen) atoms. The van der Waals surface area contributed by atoms with Crippen molar-refractivity contribution in [3.63, 3.8) is 0 Å². The first kappa shape index (κ1) is 12.2. The van der Waals surface area contributed by atoms with Crippen molar-refractivity contribution in [1.82, 2.24) is 0 Å². The average Bonchev–Trinajstić information content (AvgIpc) is 2.38. The first-order chi connectivity index (χ1) is 8.26. The smallest absolute Gasteiger partial charge is 0.189 e. The summed E-state index contributed by atoms with van der Waals surface area (Å²) in [7, 11) is 1.68. The lowest BCUT2D eigenvalue weighted by Gasteiger charge is -2.22. The molecule has 4 nitrogen and oxygen atoms in total. The third kappa shape index (κ3) is 2.53. The van der Waals surface area contributed by atoms with Gasteiger partial charge in [-0.15, -0.1) is 0 Å². The molecule has 1 aliphatic heterocycles. The van der Waals surface area contributed by atoms with Gasteiger partial charge in [0.05, 0.1) is 19.3 Å². The van der Waals surface area contributed by atoms with Crippen molar-refractivity contribution in [2.24, 2.45) is 11.7 Å². The lowest BCUT2D eigenvalue weighted by Crippen LogP contribution is -2.16. The van der Waals surface area contributed by atoms with Crippen molar-refractivity contribution < 1.29 is 14.2 Å². The Bertz CT molecular complexity index is 392. The Hall–Kier alpha value is -1.26. The number of nitrogens with two attached hydrogens (primary N) is 1. The predicted octanol–water partition coefficient (Wildman–Crippen LogP) is 1.70. The van der Waals surface area contributed by atoms with Crippen LogP contribution in [0.3, 0.4) is 0 Å². The standard InChI is InChI=1S/C13H19NO3/c1-9(6-14)5-10-3-4-12-11(13(10)15-2)7-16-8-17-12/h3-4,9H,5-8,14H2,1-2H3. The van der Waals surface area contributed by atoms with E-state index in [9.17, 15) is 0 Å². The number of ether oxygens (including phenoxy) is 3. The van der Waals surface area contributed by atoms with E-state index in [1.54, 1.807) is 7.11 Å². The fourth-order valence-corrected chi connectivity index (χ4v) is 2.05. The molecule has 1 aliphatic rings. The van der Waals surface area contributed by atoms with Crippen LogP contribution in [-0.4, -0.2) is 20.4 Å². The maximum absolute atomic E-state index is 5.66. The van der Waals surface area contributed by atoms with E-state index in [1.807, 2.05) is 6.07 Å². The van der Waals surface area contributed by atoms with Crippen molar-refractivity contribution >= 4 is 0 Å². The van der Waals surface area contributed by atoms with Crippen LogP contribution in [0.4, 0.5) is 0 Å². The van der Waals surface area contributed by atoms with E-state index in [2.05, 4.69) is 13.0 Å². The van der Waals surface area contributed by atoms with Gasteiger partial charge in [-0.2, -0.15) is 0 Å². The Morgan fingerprint density at radius 2 is 2.29 bits per heavy atom. The molecule has 2 N–H and O–H groups in total. The highest BCUT2D eigenvalue weighted by Crippen LogP contribution is 2.35. The van der Waals surface area contributed by atoms with Gasteiger partial charge in [0, 0.05) is 0 Å². The van der Waals surface area contributed by atoms with Gasteiger partial charge in [-0.05, 0) is 30.5 Å². The lowest BCUT2D eigenvalue weighted by molar-refractivity contribution is -0.0176. The SMILES string of the molecule is COc1c(CC(C)CN)ccc2c1COCO2. The molecule has 0 saturated carbocycles. The zero-order valence-electron chi connectivity index (χ0n) is 10.4. The molecule has 4 heteroatoms. The van der Waals surface area contributed by atoms with Gasteiger partial charge in [0.15, 0.2) is 6.79 Å². The largest absolute Gasteiger partial charge is 0.496 e. The third-order valence-electron chi connectivity index (χ3n) is 3.02. The predicted molar refractivity (Wildman–Crippen MR) is 65.2 cm³/mol. The summed E-state index contributed by atoms with van der Waals surface area (Å²) >= 11 is 0. The van der Waals surface area contributed by atoms with Gasteiger partial charge in [0.25, 0.3) is 0 Å². The molecule has 0 radical (unpaired) electrons. The Balaban J connectivity index is 2.33. The summed E-state index contributed by atoms with van der Waals surface area (Å²) in [5.41, 5.74) is 7.82. The van der Waals surface area contributed by atoms with Gasteiger partial charge in [-0.3, -0.25) is 0 Å². The highest BCUT2D eigenvalue weighted by molar-refractivity contribution is 5.50. The molecule has 0 spiro atoms. The summed E-state index contributed by atoms with van der Waals surface area (Å²) in [5, 5.41) is 0. The first-order valence-electron chi connectivity index (χ1n) is 5.85. The zero-order valence-corrected chi connectivity index (χ0v) is 10.4. The Kier molecular flexibility index (Phi) is 3.86. The molecule has 1 unspecified atom stereocenters. The molecule has 1 atom stereocenters. The van der Waals surface area contributed by atoms with E-state index >= 15 is 0 Å². The van der Waals surface area contributed by atoms with E-state index in [1.165, 1.54) is 5.56 Å². The molecule has 0 aromatic heterocycles. The quantitative estimate of drug-likeness (QED) is 0.866. The van der Waals surface area contributed by atoms with Crippen LogP contribution in [0.25, 0.3) is 0 Å². The van der Waals surface area contributed by atoms with Gasteiger partial charge >= 0.3 is 0 Å². The van der Waals surface area contributed by atoms with Crippen LogP contribution in [0.15, 0.2) is 12.1 Å². The third-order valence-corrected chi connectivity index (χ3v) is 3.02. The van der Waals surface area contributed by atoms with E-state index in [-0.39, 0.29) is 0 Å². The monoisotopic (exact) mass is 237 g/mol. The maximum Gasteiger partial charge on any atom is 0.189 e. The molecular formula is C13H19NO3. The van der Waals surface area contributed by atoms with Crippen molar-refractivity contribution in [2.75, 3.05) is 20.4 Å². The highest BCUT2D eigenvalue weighted by atomic mass is 16.7. The van der Waals surface area contributed by atoms with Gasteiger partial charge in [0.2, 0.25) is 0 Å². The summed E-state index contributed by atoms with van der Waals surface area (Å²) in [5.74, 6) is 2.17. The molecule has 0 fully saturated rings.